The van der Waals surface area contributed by atoms with E-state index in [-0.39, 0.29) is 5.91 Å². The Bertz CT molecular complexity index is 450. The molecule has 0 unspecified atom stereocenters. The molecule has 1 aromatic carbocycles. The van der Waals surface area contributed by atoms with Crippen molar-refractivity contribution in [3.8, 4) is 0 Å². The fourth-order valence-electron chi connectivity index (χ4n) is 1.90. The number of carbonyl (C=O) groups is 1. The summed E-state index contributed by atoms with van der Waals surface area (Å²) in [5.41, 5.74) is 8.14. The summed E-state index contributed by atoms with van der Waals surface area (Å²) in [7, 11) is 0. The summed E-state index contributed by atoms with van der Waals surface area (Å²) in [5.74, 6) is 0.0792. The number of benzene rings is 1. The molecule has 1 saturated carbocycles. The first-order valence-electron chi connectivity index (χ1n) is 5.91. The highest BCUT2D eigenvalue weighted by atomic mass is 16.2. The van der Waals surface area contributed by atoms with Gasteiger partial charge in [0.2, 0.25) is 0 Å². The van der Waals surface area contributed by atoms with Crippen LogP contribution in [0.15, 0.2) is 30.9 Å². The Morgan fingerprint density at radius 1 is 1.59 bits per heavy atom. The van der Waals surface area contributed by atoms with Crippen LogP contribution in [0.1, 0.15) is 28.8 Å². The van der Waals surface area contributed by atoms with Crippen LogP contribution in [-0.2, 0) is 0 Å². The van der Waals surface area contributed by atoms with Crippen LogP contribution in [0, 0.1) is 6.92 Å². The molecular formula is C14H18N2O. The standard InChI is InChI=1S/C14H18N2O/c1-3-8-16(12-5-6-12)14(17)11-4-7-13(15)10(2)9-11/h3-4,7,9,12H,1,5-6,8,15H2,2H3. The zero-order chi connectivity index (χ0) is 12.4. The van der Waals surface area contributed by atoms with E-state index in [2.05, 4.69) is 6.58 Å². The quantitative estimate of drug-likeness (QED) is 0.637. The SMILES string of the molecule is C=CCN(C(=O)c1ccc(N)c(C)c1)C1CC1. The minimum atomic E-state index is 0.0792. The van der Waals surface area contributed by atoms with E-state index >= 15 is 0 Å². The lowest BCUT2D eigenvalue weighted by Crippen LogP contribution is -2.33. The molecule has 3 nitrogen and oxygen atoms in total. The van der Waals surface area contributed by atoms with Gasteiger partial charge < -0.3 is 10.6 Å². The zero-order valence-electron chi connectivity index (χ0n) is 10.1. The molecule has 17 heavy (non-hydrogen) atoms. The van der Waals surface area contributed by atoms with Crippen LogP contribution in [0.2, 0.25) is 0 Å². The second kappa shape index (κ2) is 4.62. The van der Waals surface area contributed by atoms with Gasteiger partial charge in [-0.1, -0.05) is 6.08 Å². The summed E-state index contributed by atoms with van der Waals surface area (Å²) < 4.78 is 0. The third-order valence-corrected chi connectivity index (χ3v) is 3.09. The van der Waals surface area contributed by atoms with Gasteiger partial charge in [-0.2, -0.15) is 0 Å². The van der Waals surface area contributed by atoms with Crippen LogP contribution in [0.25, 0.3) is 0 Å². The molecule has 3 heteroatoms. The summed E-state index contributed by atoms with van der Waals surface area (Å²) in [6.07, 6.45) is 3.99. The highest BCUT2D eigenvalue weighted by Crippen LogP contribution is 2.28. The molecule has 2 N–H and O–H groups in total. The molecule has 0 heterocycles. The maximum atomic E-state index is 12.3. The van der Waals surface area contributed by atoms with Crippen molar-refractivity contribution in [2.45, 2.75) is 25.8 Å². The molecule has 1 amide bonds. The topological polar surface area (TPSA) is 46.3 Å². The number of nitrogens with two attached hydrogens (primary N) is 1. The number of carbonyl (C=O) groups excluding carboxylic acids is 1. The van der Waals surface area contributed by atoms with Crippen molar-refractivity contribution in [1.29, 1.82) is 0 Å². The zero-order valence-corrected chi connectivity index (χ0v) is 10.1. The van der Waals surface area contributed by atoms with Crippen molar-refractivity contribution in [2.75, 3.05) is 12.3 Å². The number of amides is 1. The smallest absolute Gasteiger partial charge is 0.254 e. The van der Waals surface area contributed by atoms with E-state index in [0.717, 1.165) is 24.1 Å². The van der Waals surface area contributed by atoms with Crippen LogP contribution in [0.5, 0.6) is 0 Å². The fourth-order valence-corrected chi connectivity index (χ4v) is 1.90. The molecule has 2 rings (SSSR count). The normalized spacial score (nSPS) is 14.4. The van der Waals surface area contributed by atoms with E-state index in [9.17, 15) is 4.79 Å². The third kappa shape index (κ3) is 2.49. The number of nitrogen functional groups attached to an aromatic ring is 1. The number of nitrogens with zero attached hydrogens (tertiary/aromatic N) is 1. The predicted octanol–water partition coefficient (Wildman–Crippen LogP) is 2.37. The van der Waals surface area contributed by atoms with Crippen LogP contribution in [0.4, 0.5) is 5.69 Å². The first-order valence-corrected chi connectivity index (χ1v) is 5.91. The van der Waals surface area contributed by atoms with E-state index in [1.54, 1.807) is 18.2 Å². The second-order valence-electron chi connectivity index (χ2n) is 4.55. The molecule has 1 aromatic rings. The number of rotatable bonds is 4. The van der Waals surface area contributed by atoms with Crippen molar-refractivity contribution in [2.24, 2.45) is 0 Å². The maximum absolute atomic E-state index is 12.3. The van der Waals surface area contributed by atoms with E-state index < -0.39 is 0 Å². The van der Waals surface area contributed by atoms with Gasteiger partial charge in [0.1, 0.15) is 0 Å². The van der Waals surface area contributed by atoms with Gasteiger partial charge in [-0.25, -0.2) is 0 Å². The lowest BCUT2D eigenvalue weighted by Gasteiger charge is -2.21. The summed E-state index contributed by atoms with van der Waals surface area (Å²) in [6.45, 7) is 6.24. The minimum Gasteiger partial charge on any atom is -0.399 e. The number of anilines is 1. The molecular weight excluding hydrogens is 212 g/mol. The summed E-state index contributed by atoms with van der Waals surface area (Å²) in [6, 6.07) is 5.85. The summed E-state index contributed by atoms with van der Waals surface area (Å²) in [4.78, 5) is 14.2. The Labute approximate surface area is 102 Å². The van der Waals surface area contributed by atoms with Crippen molar-refractivity contribution in [1.82, 2.24) is 4.90 Å². The van der Waals surface area contributed by atoms with Crippen molar-refractivity contribution in [3.05, 3.63) is 42.0 Å². The minimum absolute atomic E-state index is 0.0792. The van der Waals surface area contributed by atoms with Gasteiger partial charge >= 0.3 is 0 Å². The first-order chi connectivity index (χ1) is 8.13. The first kappa shape index (κ1) is 11.7. The number of aryl methyl sites for hydroxylation is 1. The Balaban J connectivity index is 2.21. The lowest BCUT2D eigenvalue weighted by molar-refractivity contribution is 0.0762. The Morgan fingerprint density at radius 2 is 2.29 bits per heavy atom. The summed E-state index contributed by atoms with van der Waals surface area (Å²) in [5, 5.41) is 0. The average Bonchev–Trinajstić information content (AvgIpc) is 3.13. The van der Waals surface area contributed by atoms with Gasteiger partial charge in [0.15, 0.2) is 0 Å². The number of hydrogen-bond acceptors (Lipinski definition) is 2. The molecule has 0 aliphatic heterocycles. The molecule has 1 aliphatic carbocycles. The van der Waals surface area contributed by atoms with Crippen LogP contribution >= 0.6 is 0 Å². The predicted molar refractivity (Wildman–Crippen MR) is 69.8 cm³/mol. The fraction of sp³-hybridized carbons (Fsp3) is 0.357. The Kier molecular flexibility index (Phi) is 3.18. The van der Waals surface area contributed by atoms with Gasteiger partial charge in [-0.05, 0) is 43.5 Å². The molecule has 0 saturated heterocycles. The van der Waals surface area contributed by atoms with Gasteiger partial charge in [0.25, 0.3) is 5.91 Å². The largest absolute Gasteiger partial charge is 0.399 e. The third-order valence-electron chi connectivity index (χ3n) is 3.09. The molecule has 0 radical (unpaired) electrons. The van der Waals surface area contributed by atoms with E-state index in [4.69, 9.17) is 5.73 Å². The molecule has 0 atom stereocenters. The van der Waals surface area contributed by atoms with Gasteiger partial charge in [-0.3, -0.25) is 4.79 Å². The Hall–Kier alpha value is -1.77. The van der Waals surface area contributed by atoms with Crippen LogP contribution in [-0.4, -0.2) is 23.4 Å². The van der Waals surface area contributed by atoms with Crippen LogP contribution in [0.3, 0.4) is 0 Å². The van der Waals surface area contributed by atoms with Gasteiger partial charge in [-0.15, -0.1) is 6.58 Å². The van der Waals surface area contributed by atoms with Gasteiger partial charge in [0, 0.05) is 23.8 Å². The van der Waals surface area contributed by atoms with Crippen molar-refractivity contribution >= 4 is 11.6 Å². The van der Waals surface area contributed by atoms with Gasteiger partial charge in [0.05, 0.1) is 0 Å². The van der Waals surface area contributed by atoms with Crippen molar-refractivity contribution in [3.63, 3.8) is 0 Å². The molecule has 1 aliphatic rings. The average molecular weight is 230 g/mol. The van der Waals surface area contributed by atoms with Crippen molar-refractivity contribution < 1.29 is 4.79 Å². The molecule has 0 bridgehead atoms. The molecule has 0 spiro atoms. The van der Waals surface area contributed by atoms with Crippen LogP contribution < -0.4 is 5.73 Å². The molecule has 0 aromatic heterocycles. The maximum Gasteiger partial charge on any atom is 0.254 e. The van der Waals surface area contributed by atoms with E-state index in [1.165, 1.54) is 0 Å². The summed E-state index contributed by atoms with van der Waals surface area (Å²) >= 11 is 0. The lowest BCUT2D eigenvalue weighted by atomic mass is 10.1. The molecule has 90 valence electrons. The van der Waals surface area contributed by atoms with E-state index in [1.807, 2.05) is 17.9 Å². The number of hydrogen-bond donors (Lipinski definition) is 1. The van der Waals surface area contributed by atoms with E-state index in [0.29, 0.717) is 18.2 Å². The second-order valence-corrected chi connectivity index (χ2v) is 4.55. The molecule has 1 fully saturated rings. The monoisotopic (exact) mass is 230 g/mol. The highest BCUT2D eigenvalue weighted by Gasteiger charge is 2.32. The highest BCUT2D eigenvalue weighted by molar-refractivity contribution is 5.95. The Morgan fingerprint density at radius 3 is 2.82 bits per heavy atom.